The fourth-order valence-corrected chi connectivity index (χ4v) is 3.63. The molecule has 0 radical (unpaired) electrons. The first-order valence-electron chi connectivity index (χ1n) is 7.94. The van der Waals surface area contributed by atoms with E-state index >= 15 is 0 Å². The molecule has 0 aliphatic heterocycles. The first-order chi connectivity index (χ1) is 13.0. The SMILES string of the molecule is COc1ccc(CNCc2cnc(Cl)s2)c(CCN/C(=C/[N+](=O)[O-])SN)c1. The molecule has 0 saturated carbocycles. The number of hydrogen-bond donors (Lipinski definition) is 3. The van der Waals surface area contributed by atoms with E-state index in [4.69, 9.17) is 21.5 Å². The second-order valence-electron chi connectivity index (χ2n) is 5.39. The average molecular weight is 430 g/mol. The number of methoxy groups -OCH3 is 1. The number of nitrogens with one attached hydrogen (secondary N) is 2. The van der Waals surface area contributed by atoms with E-state index in [1.54, 1.807) is 13.3 Å². The van der Waals surface area contributed by atoms with Gasteiger partial charge in [-0.3, -0.25) is 15.3 Å². The van der Waals surface area contributed by atoms with Gasteiger partial charge in [-0.1, -0.05) is 17.7 Å². The van der Waals surface area contributed by atoms with E-state index in [1.807, 2.05) is 18.2 Å². The molecule has 27 heavy (non-hydrogen) atoms. The topological polar surface area (TPSA) is 115 Å². The number of halogens is 1. The van der Waals surface area contributed by atoms with E-state index in [-0.39, 0.29) is 0 Å². The summed E-state index contributed by atoms with van der Waals surface area (Å²) in [5.74, 6) is 0.761. The zero-order chi connectivity index (χ0) is 19.6. The van der Waals surface area contributed by atoms with Crippen LogP contribution in [0.1, 0.15) is 16.0 Å². The van der Waals surface area contributed by atoms with Gasteiger partial charge in [-0.2, -0.15) is 0 Å². The van der Waals surface area contributed by atoms with Crippen LogP contribution >= 0.6 is 34.9 Å². The summed E-state index contributed by atoms with van der Waals surface area (Å²) in [4.78, 5) is 15.1. The molecule has 4 N–H and O–H groups in total. The van der Waals surface area contributed by atoms with Crippen LogP contribution in [0.4, 0.5) is 0 Å². The summed E-state index contributed by atoms with van der Waals surface area (Å²) < 4.78 is 5.83. The van der Waals surface area contributed by atoms with Gasteiger partial charge in [-0.25, -0.2) is 4.98 Å². The third kappa shape index (κ3) is 7.35. The molecule has 0 fully saturated rings. The molecule has 11 heteroatoms. The summed E-state index contributed by atoms with van der Waals surface area (Å²) in [7, 11) is 1.62. The minimum atomic E-state index is -0.533. The Morgan fingerprint density at radius 2 is 2.30 bits per heavy atom. The standard InChI is InChI=1S/C16H20ClN5O3S2/c1-25-13-3-2-12(7-19-8-14-9-21-16(17)26-14)11(6-13)4-5-20-15(27-18)10-22(23)24/h2-3,6,9-10,19-20H,4-5,7-8,18H2,1H3/b15-10-. The van der Waals surface area contributed by atoms with Gasteiger partial charge < -0.3 is 15.4 Å². The molecule has 0 bridgehead atoms. The van der Waals surface area contributed by atoms with Crippen molar-refractivity contribution in [3.05, 3.63) is 66.2 Å². The lowest BCUT2D eigenvalue weighted by Crippen LogP contribution is -2.19. The Kier molecular flexibility index (Phi) is 8.82. The zero-order valence-corrected chi connectivity index (χ0v) is 17.0. The Morgan fingerprint density at radius 1 is 1.48 bits per heavy atom. The summed E-state index contributed by atoms with van der Waals surface area (Å²) in [5.41, 5.74) is 2.20. The third-order valence-electron chi connectivity index (χ3n) is 3.60. The molecule has 0 aliphatic rings. The average Bonchev–Trinajstić information content (AvgIpc) is 3.06. The molecule has 8 nitrogen and oxygen atoms in total. The molecule has 2 aromatic rings. The molecular weight excluding hydrogens is 410 g/mol. The van der Waals surface area contributed by atoms with Crippen LogP contribution < -0.4 is 20.5 Å². The minimum absolute atomic E-state index is 0.310. The molecule has 0 aliphatic carbocycles. The number of nitrogens with zero attached hydrogens (tertiary/aromatic N) is 2. The molecule has 1 aromatic heterocycles. The second-order valence-corrected chi connectivity index (χ2v) is 7.76. The number of nitro groups is 1. The molecule has 146 valence electrons. The van der Waals surface area contributed by atoms with Crippen molar-refractivity contribution < 1.29 is 9.66 Å². The van der Waals surface area contributed by atoms with E-state index < -0.39 is 4.92 Å². The normalized spacial score (nSPS) is 11.4. The number of benzene rings is 1. The Morgan fingerprint density at radius 3 is 2.93 bits per heavy atom. The summed E-state index contributed by atoms with van der Waals surface area (Å²) in [5, 5.41) is 22.7. The highest BCUT2D eigenvalue weighted by Gasteiger charge is 2.07. The maximum atomic E-state index is 10.6. The minimum Gasteiger partial charge on any atom is -0.497 e. The Bertz CT molecular complexity index is 800. The smallest absolute Gasteiger partial charge is 0.265 e. The van der Waals surface area contributed by atoms with Gasteiger partial charge in [0.2, 0.25) is 0 Å². The van der Waals surface area contributed by atoms with E-state index in [9.17, 15) is 10.1 Å². The second kappa shape index (κ2) is 11.1. The van der Waals surface area contributed by atoms with Crippen molar-refractivity contribution in [1.29, 1.82) is 0 Å². The molecule has 0 amide bonds. The lowest BCUT2D eigenvalue weighted by atomic mass is 10.0. The largest absolute Gasteiger partial charge is 0.497 e. The highest BCUT2D eigenvalue weighted by molar-refractivity contribution is 8.00. The van der Waals surface area contributed by atoms with Crippen molar-refractivity contribution in [2.75, 3.05) is 13.7 Å². The van der Waals surface area contributed by atoms with Crippen molar-refractivity contribution in [2.24, 2.45) is 5.14 Å². The molecule has 2 rings (SSSR count). The Hall–Kier alpha value is -1.85. The third-order valence-corrected chi connectivity index (χ3v) is 5.22. The van der Waals surface area contributed by atoms with E-state index in [0.29, 0.717) is 35.6 Å². The van der Waals surface area contributed by atoms with Crippen molar-refractivity contribution in [2.45, 2.75) is 19.5 Å². The highest BCUT2D eigenvalue weighted by atomic mass is 35.5. The van der Waals surface area contributed by atoms with Crippen molar-refractivity contribution in [1.82, 2.24) is 15.6 Å². The van der Waals surface area contributed by atoms with Crippen molar-refractivity contribution >= 4 is 34.9 Å². The lowest BCUT2D eigenvalue weighted by Gasteiger charge is -2.13. The molecule has 0 atom stereocenters. The van der Waals surface area contributed by atoms with Crippen molar-refractivity contribution in [3.8, 4) is 5.75 Å². The van der Waals surface area contributed by atoms with Crippen molar-refractivity contribution in [3.63, 3.8) is 0 Å². The van der Waals surface area contributed by atoms with Gasteiger partial charge in [0.05, 0.1) is 12.0 Å². The number of ether oxygens (including phenoxy) is 1. The number of aromatic nitrogens is 1. The monoisotopic (exact) mass is 429 g/mol. The number of thiazole rings is 1. The quantitative estimate of drug-likeness (QED) is 0.283. The van der Waals surface area contributed by atoms with Crippen LogP contribution in [0.25, 0.3) is 0 Å². The predicted octanol–water partition coefficient (Wildman–Crippen LogP) is 2.91. The number of nitrogens with two attached hydrogens (primary N) is 1. The van der Waals surface area contributed by atoms with Crippen LogP contribution in [0.5, 0.6) is 5.75 Å². The highest BCUT2D eigenvalue weighted by Crippen LogP contribution is 2.20. The predicted molar refractivity (Wildman–Crippen MR) is 109 cm³/mol. The van der Waals surface area contributed by atoms with Crippen LogP contribution in [0, 0.1) is 10.1 Å². The van der Waals surface area contributed by atoms with Gasteiger partial charge in [-0.05, 0) is 41.6 Å². The van der Waals surface area contributed by atoms with Crippen LogP contribution in [0.3, 0.4) is 0 Å². The van der Waals surface area contributed by atoms with Gasteiger partial charge in [0.25, 0.3) is 6.20 Å². The molecule has 1 heterocycles. The summed E-state index contributed by atoms with van der Waals surface area (Å²) in [6.45, 7) is 1.85. The van der Waals surface area contributed by atoms with Crippen LogP contribution in [0.2, 0.25) is 4.47 Å². The zero-order valence-electron chi connectivity index (χ0n) is 14.6. The van der Waals surface area contributed by atoms with Gasteiger partial charge >= 0.3 is 0 Å². The number of rotatable bonds is 11. The van der Waals surface area contributed by atoms with Crippen LogP contribution in [-0.2, 0) is 19.5 Å². The van der Waals surface area contributed by atoms with Gasteiger partial charge in [0.1, 0.15) is 5.75 Å². The van der Waals surface area contributed by atoms with Crippen LogP contribution in [0.15, 0.2) is 35.6 Å². The van der Waals surface area contributed by atoms with E-state index in [0.717, 1.165) is 39.9 Å². The van der Waals surface area contributed by atoms with Gasteiger partial charge in [0, 0.05) is 30.7 Å². The fourth-order valence-electron chi connectivity index (χ4n) is 2.35. The fraction of sp³-hybridized carbons (Fsp3) is 0.312. The first kappa shape index (κ1) is 21.5. The Balaban J connectivity index is 1.97. The molecule has 1 aromatic carbocycles. The summed E-state index contributed by atoms with van der Waals surface area (Å²) in [6, 6.07) is 5.88. The summed E-state index contributed by atoms with van der Waals surface area (Å²) in [6.07, 6.45) is 3.28. The van der Waals surface area contributed by atoms with Gasteiger partial charge in [0.15, 0.2) is 9.50 Å². The molecule has 0 unspecified atom stereocenters. The number of hydrogen-bond acceptors (Lipinski definition) is 9. The lowest BCUT2D eigenvalue weighted by molar-refractivity contribution is -0.403. The van der Waals surface area contributed by atoms with E-state index in [1.165, 1.54) is 11.3 Å². The van der Waals surface area contributed by atoms with Crippen LogP contribution in [-0.4, -0.2) is 23.6 Å². The molecule has 0 saturated heterocycles. The summed E-state index contributed by atoms with van der Waals surface area (Å²) >= 11 is 8.10. The maximum Gasteiger partial charge on any atom is 0.265 e. The Labute approximate surface area is 170 Å². The molecular formula is C16H20ClN5O3S2. The van der Waals surface area contributed by atoms with E-state index in [2.05, 4.69) is 15.6 Å². The maximum absolute atomic E-state index is 10.6. The van der Waals surface area contributed by atoms with Gasteiger partial charge in [-0.15, -0.1) is 11.3 Å². The molecule has 0 spiro atoms. The first-order valence-corrected chi connectivity index (χ1v) is 10.0.